The molecule has 0 saturated carbocycles. The Morgan fingerprint density at radius 1 is 1.33 bits per heavy atom. The summed E-state index contributed by atoms with van der Waals surface area (Å²) in [4.78, 5) is 12.0. The van der Waals surface area contributed by atoms with Crippen LogP contribution >= 0.6 is 31.9 Å². The van der Waals surface area contributed by atoms with E-state index in [2.05, 4.69) is 49.4 Å². The van der Waals surface area contributed by atoms with Crippen LogP contribution in [0.3, 0.4) is 0 Å². The SMILES string of the molecule is CCNCc1cc(Br)c(OC2CCCCNC2=O)c(Br)c1. The average Bonchev–Trinajstić information content (AvgIpc) is 2.65. The van der Waals surface area contributed by atoms with Gasteiger partial charge in [0.05, 0.1) is 8.95 Å². The minimum absolute atomic E-state index is 0.0250. The summed E-state index contributed by atoms with van der Waals surface area (Å²) in [5, 5.41) is 6.18. The molecule has 0 aliphatic carbocycles. The van der Waals surface area contributed by atoms with E-state index >= 15 is 0 Å². The van der Waals surface area contributed by atoms with E-state index in [1.165, 1.54) is 0 Å². The van der Waals surface area contributed by atoms with Crippen molar-refractivity contribution >= 4 is 37.8 Å². The number of hydrogen-bond acceptors (Lipinski definition) is 3. The van der Waals surface area contributed by atoms with Crippen LogP contribution in [0.5, 0.6) is 5.75 Å². The van der Waals surface area contributed by atoms with Crippen LogP contribution in [0.25, 0.3) is 0 Å². The quantitative estimate of drug-likeness (QED) is 0.769. The molecular formula is C15H20Br2N2O2. The van der Waals surface area contributed by atoms with Crippen LogP contribution in [0.1, 0.15) is 31.7 Å². The third-order valence-corrected chi connectivity index (χ3v) is 4.56. The average molecular weight is 420 g/mol. The largest absolute Gasteiger partial charge is 0.478 e. The van der Waals surface area contributed by atoms with Crippen LogP contribution in [-0.2, 0) is 11.3 Å². The summed E-state index contributed by atoms with van der Waals surface area (Å²) in [5.74, 6) is 0.667. The van der Waals surface area contributed by atoms with Gasteiger partial charge in [-0.05, 0) is 75.4 Å². The summed E-state index contributed by atoms with van der Waals surface area (Å²) in [5.41, 5.74) is 1.16. The van der Waals surface area contributed by atoms with Crippen LogP contribution < -0.4 is 15.4 Å². The zero-order valence-corrected chi connectivity index (χ0v) is 15.2. The highest BCUT2D eigenvalue weighted by Crippen LogP contribution is 2.36. The third-order valence-electron chi connectivity index (χ3n) is 3.38. The Morgan fingerprint density at radius 3 is 2.71 bits per heavy atom. The molecule has 0 spiro atoms. The zero-order valence-electron chi connectivity index (χ0n) is 12.0. The van der Waals surface area contributed by atoms with E-state index < -0.39 is 6.10 Å². The number of ether oxygens (including phenoxy) is 1. The van der Waals surface area contributed by atoms with Gasteiger partial charge in [-0.25, -0.2) is 0 Å². The molecule has 1 aliphatic rings. The number of halogens is 2. The topological polar surface area (TPSA) is 50.4 Å². The molecule has 1 amide bonds. The fraction of sp³-hybridized carbons (Fsp3) is 0.533. The molecular weight excluding hydrogens is 400 g/mol. The molecule has 21 heavy (non-hydrogen) atoms. The molecule has 6 heteroatoms. The second-order valence-electron chi connectivity index (χ2n) is 5.06. The number of benzene rings is 1. The van der Waals surface area contributed by atoms with Crippen molar-refractivity contribution in [1.82, 2.24) is 10.6 Å². The predicted octanol–water partition coefficient (Wildman–Crippen LogP) is 3.37. The van der Waals surface area contributed by atoms with E-state index in [1.807, 2.05) is 12.1 Å². The first-order valence-electron chi connectivity index (χ1n) is 7.24. The number of rotatable bonds is 5. The van der Waals surface area contributed by atoms with Gasteiger partial charge in [-0.1, -0.05) is 6.92 Å². The number of carbonyl (C=O) groups is 1. The predicted molar refractivity (Wildman–Crippen MR) is 90.5 cm³/mol. The highest BCUT2D eigenvalue weighted by atomic mass is 79.9. The van der Waals surface area contributed by atoms with Gasteiger partial charge in [0.25, 0.3) is 5.91 Å². The molecule has 0 bridgehead atoms. The minimum Gasteiger partial charge on any atom is -0.478 e. The summed E-state index contributed by atoms with van der Waals surface area (Å²) in [6.07, 6.45) is 2.34. The van der Waals surface area contributed by atoms with Crippen molar-refractivity contribution in [1.29, 1.82) is 0 Å². The van der Waals surface area contributed by atoms with Gasteiger partial charge in [-0.15, -0.1) is 0 Å². The lowest BCUT2D eigenvalue weighted by Gasteiger charge is -2.19. The van der Waals surface area contributed by atoms with E-state index in [0.29, 0.717) is 5.75 Å². The molecule has 1 aromatic rings. The fourth-order valence-electron chi connectivity index (χ4n) is 2.26. The molecule has 4 nitrogen and oxygen atoms in total. The van der Waals surface area contributed by atoms with Gasteiger partial charge < -0.3 is 15.4 Å². The highest BCUT2D eigenvalue weighted by Gasteiger charge is 2.24. The maximum atomic E-state index is 12.0. The van der Waals surface area contributed by atoms with Gasteiger partial charge >= 0.3 is 0 Å². The first-order valence-corrected chi connectivity index (χ1v) is 8.83. The lowest BCUT2D eigenvalue weighted by atomic mass is 10.1. The van der Waals surface area contributed by atoms with Gasteiger partial charge in [0.2, 0.25) is 0 Å². The fourth-order valence-corrected chi connectivity index (χ4v) is 3.73. The molecule has 116 valence electrons. The van der Waals surface area contributed by atoms with E-state index in [9.17, 15) is 4.79 Å². The number of nitrogens with one attached hydrogen (secondary N) is 2. The van der Waals surface area contributed by atoms with Crippen molar-refractivity contribution in [3.63, 3.8) is 0 Å². The second-order valence-corrected chi connectivity index (χ2v) is 6.77. The van der Waals surface area contributed by atoms with E-state index in [0.717, 1.165) is 53.4 Å². The number of hydrogen-bond donors (Lipinski definition) is 2. The van der Waals surface area contributed by atoms with Crippen molar-refractivity contribution in [3.8, 4) is 5.75 Å². The van der Waals surface area contributed by atoms with Gasteiger partial charge in [-0.2, -0.15) is 0 Å². The molecule has 1 saturated heterocycles. The van der Waals surface area contributed by atoms with Gasteiger partial charge in [-0.3, -0.25) is 4.79 Å². The Labute approximate surface area is 142 Å². The molecule has 1 unspecified atom stereocenters. The smallest absolute Gasteiger partial charge is 0.261 e. The number of amides is 1. The molecule has 2 rings (SSSR count). The summed E-state index contributed by atoms with van der Waals surface area (Å²) < 4.78 is 7.67. The van der Waals surface area contributed by atoms with Gasteiger partial charge in [0, 0.05) is 13.1 Å². The monoisotopic (exact) mass is 418 g/mol. The third kappa shape index (κ3) is 4.69. The lowest BCUT2D eigenvalue weighted by Crippen LogP contribution is -2.36. The first-order chi connectivity index (χ1) is 10.1. The van der Waals surface area contributed by atoms with Gasteiger partial charge in [0.1, 0.15) is 5.75 Å². The standard InChI is InChI=1S/C15H20Br2N2O2/c1-2-18-9-10-7-11(16)14(12(17)8-10)21-13-5-3-4-6-19-15(13)20/h7-8,13,18H,2-6,9H2,1H3,(H,19,20). The molecule has 1 atom stereocenters. The Balaban J connectivity index is 2.13. The van der Waals surface area contributed by atoms with Crippen LogP contribution in [0.2, 0.25) is 0 Å². The van der Waals surface area contributed by atoms with E-state index in [4.69, 9.17) is 4.74 Å². The van der Waals surface area contributed by atoms with Crippen LogP contribution in [0, 0.1) is 0 Å². The summed E-state index contributed by atoms with van der Waals surface area (Å²) >= 11 is 7.08. The van der Waals surface area contributed by atoms with Crippen molar-refractivity contribution in [2.45, 2.75) is 38.8 Å². The van der Waals surface area contributed by atoms with Crippen molar-refractivity contribution in [2.75, 3.05) is 13.1 Å². The molecule has 0 radical (unpaired) electrons. The molecule has 1 aliphatic heterocycles. The van der Waals surface area contributed by atoms with Crippen molar-refractivity contribution in [2.24, 2.45) is 0 Å². The summed E-state index contributed by atoms with van der Waals surface area (Å²) in [6.45, 7) is 4.54. The maximum absolute atomic E-state index is 12.0. The highest BCUT2D eigenvalue weighted by molar-refractivity contribution is 9.11. The normalized spacial score (nSPS) is 19.0. The molecule has 1 aromatic carbocycles. The maximum Gasteiger partial charge on any atom is 0.261 e. The van der Waals surface area contributed by atoms with Crippen molar-refractivity contribution < 1.29 is 9.53 Å². The van der Waals surface area contributed by atoms with E-state index in [1.54, 1.807) is 0 Å². The lowest BCUT2D eigenvalue weighted by molar-refractivity contribution is -0.127. The number of carbonyl (C=O) groups excluding carboxylic acids is 1. The minimum atomic E-state index is -0.417. The molecule has 1 heterocycles. The second kappa shape index (κ2) is 8.15. The van der Waals surface area contributed by atoms with Crippen molar-refractivity contribution in [3.05, 3.63) is 26.6 Å². The Bertz CT molecular complexity index is 485. The Kier molecular flexibility index (Phi) is 6.51. The molecule has 2 N–H and O–H groups in total. The van der Waals surface area contributed by atoms with Crippen LogP contribution in [-0.4, -0.2) is 25.1 Å². The summed E-state index contributed by atoms with van der Waals surface area (Å²) in [7, 11) is 0. The van der Waals surface area contributed by atoms with Gasteiger partial charge in [0.15, 0.2) is 6.10 Å². The first kappa shape index (κ1) is 16.8. The Morgan fingerprint density at radius 2 is 2.05 bits per heavy atom. The summed E-state index contributed by atoms with van der Waals surface area (Å²) in [6, 6.07) is 4.05. The van der Waals surface area contributed by atoms with Crippen LogP contribution in [0.15, 0.2) is 21.1 Å². The Hall–Kier alpha value is -0.590. The van der Waals surface area contributed by atoms with E-state index in [-0.39, 0.29) is 5.91 Å². The van der Waals surface area contributed by atoms with Crippen LogP contribution in [0.4, 0.5) is 0 Å². The molecule has 1 fully saturated rings. The zero-order chi connectivity index (χ0) is 15.2. The molecule has 0 aromatic heterocycles.